The Morgan fingerprint density at radius 1 is 0.727 bits per heavy atom. The Balaban J connectivity index is 1.18. The molecule has 0 aromatic heterocycles. The monoisotopic (exact) mass is 468 g/mol. The van der Waals surface area contributed by atoms with E-state index in [9.17, 15) is 8.78 Å². The minimum absolute atomic E-state index is 0.363. The molecular weight excluding hydrogens is 426 g/mol. The molecule has 2 fully saturated rings. The van der Waals surface area contributed by atoms with Gasteiger partial charge in [-0.15, -0.1) is 0 Å². The van der Waals surface area contributed by atoms with Crippen LogP contribution in [0.2, 0.25) is 18.1 Å². The third kappa shape index (κ3) is 7.01. The molecule has 180 valence electrons. The Kier molecular flexibility index (Phi) is 9.17. The highest BCUT2D eigenvalue weighted by Gasteiger charge is 2.25. The maximum atomic E-state index is 13.6. The van der Waals surface area contributed by atoms with Gasteiger partial charge in [-0.3, -0.25) is 0 Å². The van der Waals surface area contributed by atoms with Crippen LogP contribution >= 0.6 is 0 Å². The van der Waals surface area contributed by atoms with Crippen molar-refractivity contribution in [2.45, 2.75) is 102 Å². The maximum Gasteiger partial charge on any atom is 0.159 e. The molecule has 0 unspecified atom stereocenters. The Bertz CT molecular complexity index is 846. The van der Waals surface area contributed by atoms with Crippen molar-refractivity contribution in [2.24, 2.45) is 11.8 Å². The summed E-state index contributed by atoms with van der Waals surface area (Å²) in [5, 5.41) is 0. The minimum atomic E-state index is -0.788. The third-order valence-electron chi connectivity index (χ3n) is 8.65. The van der Waals surface area contributed by atoms with Gasteiger partial charge in [-0.05, 0) is 72.3 Å². The fraction of sp³-hybridized carbons (Fsp3) is 0.600. The Morgan fingerprint density at radius 3 is 2.00 bits per heavy atom. The summed E-state index contributed by atoms with van der Waals surface area (Å²) in [6.07, 6.45) is 15.7. The lowest BCUT2D eigenvalue weighted by Crippen LogP contribution is -2.22. The van der Waals surface area contributed by atoms with Gasteiger partial charge in [0.2, 0.25) is 0 Å². The van der Waals surface area contributed by atoms with Crippen LogP contribution in [0.25, 0.3) is 11.1 Å². The van der Waals surface area contributed by atoms with E-state index in [0.29, 0.717) is 5.92 Å². The van der Waals surface area contributed by atoms with Crippen LogP contribution in [0.4, 0.5) is 8.78 Å². The van der Waals surface area contributed by atoms with E-state index in [-0.39, 0.29) is 8.80 Å². The average molecular weight is 469 g/mol. The van der Waals surface area contributed by atoms with Gasteiger partial charge in [0, 0.05) is 8.80 Å². The lowest BCUT2D eigenvalue weighted by Gasteiger charge is -2.32. The fourth-order valence-electron chi connectivity index (χ4n) is 6.37. The summed E-state index contributed by atoms with van der Waals surface area (Å²) in [5.74, 6) is 1.05. The van der Waals surface area contributed by atoms with E-state index < -0.39 is 11.6 Å². The normalized spacial score (nSPS) is 25.8. The first kappa shape index (κ1) is 24.6. The zero-order chi connectivity index (χ0) is 23.0. The first-order chi connectivity index (χ1) is 16.1. The molecule has 0 radical (unpaired) electrons. The van der Waals surface area contributed by atoms with Gasteiger partial charge in [0.05, 0.1) is 0 Å². The molecule has 2 aliphatic rings. The second-order valence-corrected chi connectivity index (χ2v) is 14.4. The van der Waals surface area contributed by atoms with E-state index in [1.807, 2.05) is 0 Å². The predicted octanol–water partition coefficient (Wildman–Crippen LogP) is 9.51. The van der Waals surface area contributed by atoms with Crippen molar-refractivity contribution in [2.75, 3.05) is 0 Å². The van der Waals surface area contributed by atoms with Gasteiger partial charge in [0.15, 0.2) is 11.6 Å². The predicted molar refractivity (Wildman–Crippen MR) is 140 cm³/mol. The first-order valence-corrected chi connectivity index (χ1v) is 16.1. The molecule has 1 saturated carbocycles. The number of halogens is 2. The van der Waals surface area contributed by atoms with Crippen LogP contribution in [0, 0.1) is 23.5 Å². The van der Waals surface area contributed by atoms with Crippen molar-refractivity contribution < 1.29 is 8.78 Å². The second kappa shape index (κ2) is 12.3. The van der Waals surface area contributed by atoms with Crippen molar-refractivity contribution in [1.29, 1.82) is 0 Å². The third-order valence-corrected chi connectivity index (χ3v) is 12.2. The molecule has 33 heavy (non-hydrogen) atoms. The van der Waals surface area contributed by atoms with Crippen molar-refractivity contribution in [1.82, 2.24) is 0 Å². The summed E-state index contributed by atoms with van der Waals surface area (Å²) in [5.41, 5.74) is 3.10. The number of unbranched alkanes of at least 4 members (excludes halogenated alkanes) is 2. The van der Waals surface area contributed by atoms with Crippen LogP contribution in [0.3, 0.4) is 0 Å². The molecule has 2 aromatic carbocycles. The van der Waals surface area contributed by atoms with E-state index in [1.165, 1.54) is 75.5 Å². The number of benzene rings is 2. The summed E-state index contributed by atoms with van der Waals surface area (Å²) in [4.78, 5) is 0. The SMILES string of the molecule is CCCCC[SiH]1CCC(CC[C@H]2CC[C@H](c3ccc(-c4ccc(F)c(F)c4)cc3)CC2)CC1. The van der Waals surface area contributed by atoms with Gasteiger partial charge in [-0.2, -0.15) is 0 Å². The lowest BCUT2D eigenvalue weighted by atomic mass is 9.76. The Morgan fingerprint density at radius 2 is 1.36 bits per heavy atom. The molecule has 0 spiro atoms. The second-order valence-electron chi connectivity index (χ2n) is 10.9. The van der Waals surface area contributed by atoms with Crippen LogP contribution in [0.15, 0.2) is 42.5 Å². The summed E-state index contributed by atoms with van der Waals surface area (Å²) in [7, 11) is -0.363. The molecule has 0 nitrogen and oxygen atoms in total. The van der Waals surface area contributed by atoms with Crippen LogP contribution in [-0.4, -0.2) is 8.80 Å². The zero-order valence-corrected chi connectivity index (χ0v) is 21.7. The molecular formula is C30H42F2Si. The van der Waals surface area contributed by atoms with Gasteiger partial charge in [0.1, 0.15) is 0 Å². The topological polar surface area (TPSA) is 0 Å². The van der Waals surface area contributed by atoms with E-state index >= 15 is 0 Å². The molecule has 0 amide bonds. The maximum absolute atomic E-state index is 13.6. The van der Waals surface area contributed by atoms with E-state index in [0.717, 1.165) is 23.0 Å². The smallest absolute Gasteiger partial charge is 0.159 e. The van der Waals surface area contributed by atoms with Crippen molar-refractivity contribution in [3.8, 4) is 11.1 Å². The van der Waals surface area contributed by atoms with Crippen molar-refractivity contribution in [3.63, 3.8) is 0 Å². The molecule has 0 atom stereocenters. The van der Waals surface area contributed by atoms with E-state index in [2.05, 4.69) is 31.2 Å². The van der Waals surface area contributed by atoms with Gasteiger partial charge >= 0.3 is 0 Å². The summed E-state index contributed by atoms with van der Waals surface area (Å²) >= 11 is 0. The van der Waals surface area contributed by atoms with Crippen molar-refractivity contribution >= 4 is 8.80 Å². The Labute approximate surface area is 201 Å². The highest BCUT2D eigenvalue weighted by atomic mass is 28.3. The van der Waals surface area contributed by atoms with E-state index in [4.69, 9.17) is 0 Å². The largest absolute Gasteiger partial charge is 0.204 e. The molecule has 3 heteroatoms. The molecule has 1 heterocycles. The standard InChI is InChI=1S/C30H42F2Si/c1-2-3-4-19-33-20-17-24(18-21-33)6-5-23-7-9-25(10-8-23)26-11-13-27(14-12-26)28-15-16-29(31)30(32)22-28/h11-16,22-25,33H,2-10,17-21H2,1H3/t23-,24?,25-,33?. The highest BCUT2D eigenvalue weighted by Crippen LogP contribution is 2.40. The van der Waals surface area contributed by atoms with Crippen molar-refractivity contribution in [3.05, 3.63) is 59.7 Å². The van der Waals surface area contributed by atoms with E-state index in [1.54, 1.807) is 37.0 Å². The van der Waals surface area contributed by atoms with Crippen LogP contribution in [0.5, 0.6) is 0 Å². The van der Waals surface area contributed by atoms with Crippen LogP contribution < -0.4 is 0 Å². The number of hydrogen-bond donors (Lipinski definition) is 0. The minimum Gasteiger partial charge on any atom is -0.204 e. The summed E-state index contributed by atoms with van der Waals surface area (Å²) < 4.78 is 26.8. The summed E-state index contributed by atoms with van der Waals surface area (Å²) in [6, 6.07) is 17.5. The number of hydrogen-bond acceptors (Lipinski definition) is 0. The molecule has 1 saturated heterocycles. The quantitative estimate of drug-likeness (QED) is 0.254. The van der Waals surface area contributed by atoms with Gasteiger partial charge in [0.25, 0.3) is 0 Å². The number of rotatable bonds is 9. The molecule has 4 rings (SSSR count). The lowest BCUT2D eigenvalue weighted by molar-refractivity contribution is 0.280. The van der Waals surface area contributed by atoms with Gasteiger partial charge in [-0.25, -0.2) is 8.78 Å². The van der Waals surface area contributed by atoms with Gasteiger partial charge < -0.3 is 0 Å². The van der Waals surface area contributed by atoms with Gasteiger partial charge in [-0.1, -0.05) is 100 Å². The average Bonchev–Trinajstić information content (AvgIpc) is 2.86. The fourth-order valence-corrected chi connectivity index (χ4v) is 9.99. The molecule has 1 aliphatic heterocycles. The highest BCUT2D eigenvalue weighted by molar-refractivity contribution is 6.58. The van der Waals surface area contributed by atoms with Crippen LogP contribution in [0.1, 0.15) is 89.0 Å². The molecule has 0 bridgehead atoms. The molecule has 2 aromatic rings. The molecule has 0 N–H and O–H groups in total. The Hall–Kier alpha value is -1.48. The molecule has 1 aliphatic carbocycles. The summed E-state index contributed by atoms with van der Waals surface area (Å²) in [6.45, 7) is 2.32. The first-order valence-electron chi connectivity index (χ1n) is 13.7. The van der Waals surface area contributed by atoms with Crippen LogP contribution in [-0.2, 0) is 0 Å². The zero-order valence-electron chi connectivity index (χ0n) is 20.5.